The number of aliphatic hydroxyl groups is 2. The Hall–Kier alpha value is -1.30. The van der Waals surface area contributed by atoms with Crippen LogP contribution in [-0.4, -0.2) is 16.8 Å². The molecule has 0 radical (unpaired) electrons. The molecular formula is C10H10O2. The normalized spacial score (nSPS) is 12.1. The van der Waals surface area contributed by atoms with Crippen molar-refractivity contribution in [1.82, 2.24) is 0 Å². The molecule has 0 bridgehead atoms. The van der Waals surface area contributed by atoms with E-state index in [1.807, 2.05) is 0 Å². The fraction of sp³-hybridized carbons (Fsp3) is 0.200. The van der Waals surface area contributed by atoms with Crippen LogP contribution in [-0.2, 0) is 0 Å². The van der Waals surface area contributed by atoms with Gasteiger partial charge in [-0.3, -0.25) is 0 Å². The van der Waals surface area contributed by atoms with Gasteiger partial charge in [0.25, 0.3) is 0 Å². The number of benzene rings is 1. The van der Waals surface area contributed by atoms with Crippen LogP contribution in [0.1, 0.15) is 17.2 Å². The second-order valence-electron chi connectivity index (χ2n) is 2.46. The summed E-state index contributed by atoms with van der Waals surface area (Å²) in [5.74, 6) is 2.47. The van der Waals surface area contributed by atoms with Crippen molar-refractivity contribution in [2.24, 2.45) is 0 Å². The Labute approximate surface area is 71.5 Å². The first-order valence-corrected chi connectivity index (χ1v) is 3.63. The summed E-state index contributed by atoms with van der Waals surface area (Å²) in [5.41, 5.74) is 1.44. The fourth-order valence-electron chi connectivity index (χ4n) is 0.907. The predicted molar refractivity (Wildman–Crippen MR) is 46.4 cm³/mol. The molecule has 0 aliphatic rings. The highest BCUT2D eigenvalue weighted by Gasteiger charge is 2.03. The lowest BCUT2D eigenvalue weighted by Gasteiger charge is -2.06. The second kappa shape index (κ2) is 3.91. The van der Waals surface area contributed by atoms with E-state index in [0.29, 0.717) is 5.56 Å². The quantitative estimate of drug-likeness (QED) is 0.628. The topological polar surface area (TPSA) is 40.5 Å². The van der Waals surface area contributed by atoms with Crippen LogP contribution in [0.25, 0.3) is 0 Å². The summed E-state index contributed by atoms with van der Waals surface area (Å²) in [7, 11) is 0. The van der Waals surface area contributed by atoms with Crippen molar-refractivity contribution < 1.29 is 10.2 Å². The Balaban J connectivity index is 2.86. The first-order valence-electron chi connectivity index (χ1n) is 3.63. The zero-order valence-corrected chi connectivity index (χ0v) is 6.57. The highest BCUT2D eigenvalue weighted by molar-refractivity contribution is 5.34. The molecule has 62 valence electrons. The molecule has 1 aromatic carbocycles. The third-order valence-electron chi connectivity index (χ3n) is 1.64. The van der Waals surface area contributed by atoms with E-state index in [2.05, 4.69) is 5.92 Å². The largest absolute Gasteiger partial charge is 0.393 e. The van der Waals surface area contributed by atoms with Crippen molar-refractivity contribution in [3.05, 3.63) is 35.4 Å². The average Bonchev–Trinajstić information content (AvgIpc) is 2.17. The van der Waals surface area contributed by atoms with Crippen LogP contribution in [0, 0.1) is 12.3 Å². The van der Waals surface area contributed by atoms with Crippen LogP contribution in [0.15, 0.2) is 24.3 Å². The molecule has 1 aromatic rings. The van der Waals surface area contributed by atoms with Crippen molar-refractivity contribution in [2.75, 3.05) is 6.61 Å². The van der Waals surface area contributed by atoms with Gasteiger partial charge in [-0.25, -0.2) is 0 Å². The SMILES string of the molecule is C#Cc1ccc([C@@H](O)CO)cc1. The Morgan fingerprint density at radius 3 is 2.33 bits per heavy atom. The molecule has 1 rings (SSSR count). The van der Waals surface area contributed by atoms with E-state index in [0.717, 1.165) is 5.56 Å². The van der Waals surface area contributed by atoms with E-state index in [4.69, 9.17) is 11.5 Å². The second-order valence-corrected chi connectivity index (χ2v) is 2.46. The predicted octanol–water partition coefficient (Wildman–Crippen LogP) is 0.694. The molecule has 0 heterocycles. The van der Waals surface area contributed by atoms with Gasteiger partial charge < -0.3 is 10.2 Å². The van der Waals surface area contributed by atoms with Crippen LogP contribution in [0.5, 0.6) is 0 Å². The maximum absolute atomic E-state index is 9.19. The standard InChI is InChI=1S/C10H10O2/c1-2-8-3-5-9(6-4-8)10(12)7-11/h1,3-6,10-12H,7H2/t10-/m0/s1. The minimum absolute atomic E-state index is 0.268. The van der Waals surface area contributed by atoms with Gasteiger partial charge in [-0.2, -0.15) is 0 Å². The third kappa shape index (κ3) is 1.85. The van der Waals surface area contributed by atoms with Crippen molar-refractivity contribution in [3.63, 3.8) is 0 Å². The first kappa shape index (κ1) is 8.79. The number of terminal acetylenes is 1. The number of hydrogen-bond donors (Lipinski definition) is 2. The van der Waals surface area contributed by atoms with Crippen molar-refractivity contribution in [3.8, 4) is 12.3 Å². The van der Waals surface area contributed by atoms with Gasteiger partial charge >= 0.3 is 0 Å². The van der Waals surface area contributed by atoms with Crippen LogP contribution in [0.2, 0.25) is 0 Å². The first-order chi connectivity index (χ1) is 5.77. The molecule has 2 N–H and O–H groups in total. The molecule has 2 nitrogen and oxygen atoms in total. The van der Waals surface area contributed by atoms with Gasteiger partial charge in [0, 0.05) is 5.56 Å². The Bertz CT molecular complexity index is 282. The number of hydrogen-bond acceptors (Lipinski definition) is 2. The summed E-state index contributed by atoms with van der Waals surface area (Å²) in [6.07, 6.45) is 4.34. The van der Waals surface area contributed by atoms with Gasteiger partial charge in [-0.1, -0.05) is 18.1 Å². The van der Waals surface area contributed by atoms with Gasteiger partial charge in [0.2, 0.25) is 0 Å². The number of rotatable bonds is 2. The van der Waals surface area contributed by atoms with Gasteiger partial charge in [-0.15, -0.1) is 6.42 Å². The molecule has 0 aliphatic heterocycles. The maximum Gasteiger partial charge on any atom is 0.102 e. The summed E-state index contributed by atoms with van der Waals surface area (Å²) in [6, 6.07) is 6.87. The van der Waals surface area contributed by atoms with E-state index in [1.165, 1.54) is 0 Å². The van der Waals surface area contributed by atoms with Gasteiger partial charge in [0.1, 0.15) is 6.10 Å². The molecule has 0 amide bonds. The van der Waals surface area contributed by atoms with Crippen molar-refractivity contribution in [1.29, 1.82) is 0 Å². The summed E-state index contributed by atoms with van der Waals surface area (Å²) in [4.78, 5) is 0. The van der Waals surface area contributed by atoms with E-state index in [-0.39, 0.29) is 6.61 Å². The summed E-state index contributed by atoms with van der Waals surface area (Å²) in [6.45, 7) is -0.268. The summed E-state index contributed by atoms with van der Waals surface area (Å²) < 4.78 is 0. The van der Waals surface area contributed by atoms with Crippen LogP contribution >= 0.6 is 0 Å². The molecule has 0 fully saturated rings. The molecule has 0 saturated heterocycles. The lowest BCUT2D eigenvalue weighted by Crippen LogP contribution is -2.01. The Morgan fingerprint density at radius 1 is 1.33 bits per heavy atom. The molecular weight excluding hydrogens is 152 g/mol. The van der Waals surface area contributed by atoms with Gasteiger partial charge in [0.15, 0.2) is 0 Å². The fourth-order valence-corrected chi connectivity index (χ4v) is 0.907. The lowest BCUT2D eigenvalue weighted by atomic mass is 10.1. The minimum Gasteiger partial charge on any atom is -0.393 e. The molecule has 0 unspecified atom stereocenters. The van der Waals surface area contributed by atoms with E-state index in [9.17, 15) is 5.11 Å². The molecule has 0 aliphatic carbocycles. The van der Waals surface area contributed by atoms with E-state index >= 15 is 0 Å². The summed E-state index contributed by atoms with van der Waals surface area (Å²) in [5, 5.41) is 17.8. The highest BCUT2D eigenvalue weighted by atomic mass is 16.3. The van der Waals surface area contributed by atoms with Crippen LogP contribution in [0.4, 0.5) is 0 Å². The average molecular weight is 162 g/mol. The highest BCUT2D eigenvalue weighted by Crippen LogP contribution is 2.12. The lowest BCUT2D eigenvalue weighted by molar-refractivity contribution is 0.0956. The van der Waals surface area contributed by atoms with Crippen LogP contribution in [0.3, 0.4) is 0 Å². The monoisotopic (exact) mass is 162 g/mol. The zero-order valence-electron chi connectivity index (χ0n) is 6.57. The van der Waals surface area contributed by atoms with Gasteiger partial charge in [0.05, 0.1) is 6.61 Å². The zero-order chi connectivity index (χ0) is 8.97. The van der Waals surface area contributed by atoms with Crippen molar-refractivity contribution in [2.45, 2.75) is 6.10 Å². The molecule has 12 heavy (non-hydrogen) atoms. The number of aliphatic hydroxyl groups excluding tert-OH is 2. The summed E-state index contributed by atoms with van der Waals surface area (Å²) >= 11 is 0. The molecule has 0 spiro atoms. The molecule has 0 saturated carbocycles. The molecule has 1 atom stereocenters. The van der Waals surface area contributed by atoms with Crippen LogP contribution < -0.4 is 0 Å². The van der Waals surface area contributed by atoms with Gasteiger partial charge in [-0.05, 0) is 17.7 Å². The Morgan fingerprint density at radius 2 is 1.92 bits per heavy atom. The Kier molecular flexibility index (Phi) is 2.87. The van der Waals surface area contributed by atoms with E-state index in [1.54, 1.807) is 24.3 Å². The molecule has 0 aromatic heterocycles. The maximum atomic E-state index is 9.19. The van der Waals surface area contributed by atoms with E-state index < -0.39 is 6.10 Å². The molecule has 2 heteroatoms. The third-order valence-corrected chi connectivity index (χ3v) is 1.64. The van der Waals surface area contributed by atoms with Crippen molar-refractivity contribution >= 4 is 0 Å². The smallest absolute Gasteiger partial charge is 0.102 e. The minimum atomic E-state index is -0.808.